The first-order valence-electron chi connectivity index (χ1n) is 10.1. The van der Waals surface area contributed by atoms with Crippen LogP contribution in [0.4, 0.5) is 5.69 Å². The molecule has 1 amide bonds. The topological polar surface area (TPSA) is 71.3 Å². The van der Waals surface area contributed by atoms with Gasteiger partial charge in [0.2, 0.25) is 0 Å². The number of nitrogens with one attached hydrogen (secondary N) is 1. The van der Waals surface area contributed by atoms with Crippen molar-refractivity contribution in [1.82, 2.24) is 0 Å². The molecule has 32 heavy (non-hydrogen) atoms. The fourth-order valence-electron chi connectivity index (χ4n) is 2.91. The zero-order chi connectivity index (χ0) is 22.9. The third-order valence-corrected chi connectivity index (χ3v) is 5.17. The summed E-state index contributed by atoms with van der Waals surface area (Å²) in [6.07, 6.45) is 1.54. The number of nitrogens with zero attached hydrogens (tertiary/aromatic N) is 1. The molecule has 3 rings (SSSR count). The van der Waals surface area contributed by atoms with Crippen LogP contribution >= 0.6 is 15.9 Å². The fraction of sp³-hybridized carbons (Fsp3) is 0.154. The number of hydrogen-bond acceptors (Lipinski definition) is 4. The van der Waals surface area contributed by atoms with Gasteiger partial charge in [0.25, 0.3) is 5.91 Å². The maximum atomic E-state index is 12.6. The summed E-state index contributed by atoms with van der Waals surface area (Å²) in [6.45, 7) is 4.90. The SMILES string of the molecule is CCOc1cccc(NC(=O)/C(C#N)=C\c2ccc(OCc3ccc(C)cc3)c(Br)c2)c1. The van der Waals surface area contributed by atoms with Gasteiger partial charge in [-0.15, -0.1) is 0 Å². The van der Waals surface area contributed by atoms with E-state index in [9.17, 15) is 10.1 Å². The number of anilines is 1. The van der Waals surface area contributed by atoms with Crippen LogP contribution in [0.15, 0.2) is 76.8 Å². The summed E-state index contributed by atoms with van der Waals surface area (Å²) in [4.78, 5) is 12.6. The smallest absolute Gasteiger partial charge is 0.266 e. The monoisotopic (exact) mass is 490 g/mol. The molecule has 1 N–H and O–H groups in total. The molecule has 5 nitrogen and oxygen atoms in total. The van der Waals surface area contributed by atoms with E-state index in [0.717, 1.165) is 10.0 Å². The van der Waals surface area contributed by atoms with E-state index in [0.29, 0.717) is 36.0 Å². The largest absolute Gasteiger partial charge is 0.494 e. The van der Waals surface area contributed by atoms with Crippen LogP contribution in [0.2, 0.25) is 0 Å². The summed E-state index contributed by atoms with van der Waals surface area (Å²) < 4.78 is 12.1. The molecule has 0 heterocycles. The molecule has 0 aliphatic rings. The predicted octanol–water partition coefficient (Wildman–Crippen LogP) is 6.28. The zero-order valence-electron chi connectivity index (χ0n) is 17.9. The van der Waals surface area contributed by atoms with E-state index >= 15 is 0 Å². The number of ether oxygens (including phenoxy) is 2. The summed E-state index contributed by atoms with van der Waals surface area (Å²) in [6, 6.07) is 22.6. The standard InChI is InChI=1S/C26H23BrN2O3/c1-3-31-23-6-4-5-22(15-23)29-26(30)21(16-28)13-20-11-12-25(24(27)14-20)32-17-19-9-7-18(2)8-10-19/h4-15H,3,17H2,1-2H3,(H,29,30)/b21-13-. The van der Waals surface area contributed by atoms with Crippen LogP contribution < -0.4 is 14.8 Å². The van der Waals surface area contributed by atoms with Crippen molar-refractivity contribution < 1.29 is 14.3 Å². The fourth-order valence-corrected chi connectivity index (χ4v) is 3.42. The number of carbonyl (C=O) groups is 1. The van der Waals surface area contributed by atoms with Crippen molar-refractivity contribution in [1.29, 1.82) is 5.26 Å². The van der Waals surface area contributed by atoms with Crippen molar-refractivity contribution >= 4 is 33.6 Å². The van der Waals surface area contributed by atoms with Crippen molar-refractivity contribution in [3.05, 3.63) is 93.5 Å². The highest BCUT2D eigenvalue weighted by Crippen LogP contribution is 2.28. The first-order chi connectivity index (χ1) is 15.5. The van der Waals surface area contributed by atoms with Crippen molar-refractivity contribution in [3.63, 3.8) is 0 Å². The third-order valence-electron chi connectivity index (χ3n) is 4.55. The van der Waals surface area contributed by atoms with E-state index in [1.54, 1.807) is 30.3 Å². The van der Waals surface area contributed by atoms with Crippen molar-refractivity contribution in [2.75, 3.05) is 11.9 Å². The van der Waals surface area contributed by atoms with E-state index in [1.165, 1.54) is 11.6 Å². The van der Waals surface area contributed by atoms with Crippen LogP contribution in [0, 0.1) is 18.3 Å². The van der Waals surface area contributed by atoms with Gasteiger partial charge < -0.3 is 14.8 Å². The summed E-state index contributed by atoms with van der Waals surface area (Å²) in [5, 5.41) is 12.2. The van der Waals surface area contributed by atoms with Crippen LogP contribution in [0.5, 0.6) is 11.5 Å². The number of aryl methyl sites for hydroxylation is 1. The summed E-state index contributed by atoms with van der Waals surface area (Å²) >= 11 is 3.51. The summed E-state index contributed by atoms with van der Waals surface area (Å²) in [5.41, 5.74) is 3.53. The van der Waals surface area contributed by atoms with Gasteiger partial charge in [0, 0.05) is 11.8 Å². The normalized spacial score (nSPS) is 10.9. The Kier molecular flexibility index (Phi) is 8.07. The molecule has 0 aliphatic carbocycles. The Morgan fingerprint density at radius 3 is 2.56 bits per heavy atom. The van der Waals surface area contributed by atoms with E-state index in [1.807, 2.05) is 56.3 Å². The number of hydrogen-bond donors (Lipinski definition) is 1. The first kappa shape index (κ1) is 23.1. The Hall–Kier alpha value is -3.56. The highest BCUT2D eigenvalue weighted by molar-refractivity contribution is 9.10. The molecule has 0 spiro atoms. The lowest BCUT2D eigenvalue weighted by molar-refractivity contribution is -0.112. The minimum absolute atomic E-state index is 0.00737. The second-order valence-electron chi connectivity index (χ2n) is 7.05. The molecule has 0 atom stereocenters. The lowest BCUT2D eigenvalue weighted by atomic mass is 10.1. The van der Waals surface area contributed by atoms with Crippen LogP contribution in [0.3, 0.4) is 0 Å². The number of amides is 1. The van der Waals surface area contributed by atoms with Gasteiger partial charge in [0.15, 0.2) is 0 Å². The number of nitriles is 1. The van der Waals surface area contributed by atoms with Gasteiger partial charge in [0.1, 0.15) is 29.7 Å². The Bertz CT molecular complexity index is 1160. The molecule has 0 saturated carbocycles. The maximum Gasteiger partial charge on any atom is 0.266 e. The molecule has 0 bridgehead atoms. The molecule has 3 aromatic rings. The van der Waals surface area contributed by atoms with Gasteiger partial charge in [-0.05, 0) is 71.2 Å². The van der Waals surface area contributed by atoms with E-state index < -0.39 is 5.91 Å². The van der Waals surface area contributed by atoms with Crippen molar-refractivity contribution in [3.8, 4) is 17.6 Å². The van der Waals surface area contributed by atoms with E-state index in [2.05, 4.69) is 21.2 Å². The van der Waals surface area contributed by atoms with Gasteiger partial charge in [-0.3, -0.25) is 4.79 Å². The average molecular weight is 491 g/mol. The van der Waals surface area contributed by atoms with Gasteiger partial charge in [-0.1, -0.05) is 42.0 Å². The molecule has 6 heteroatoms. The van der Waals surface area contributed by atoms with E-state index in [-0.39, 0.29) is 5.57 Å². The van der Waals surface area contributed by atoms with Gasteiger partial charge in [-0.25, -0.2) is 0 Å². The minimum atomic E-state index is -0.489. The number of carbonyl (C=O) groups excluding carboxylic acids is 1. The third kappa shape index (κ3) is 6.47. The number of benzene rings is 3. The molecule has 0 radical (unpaired) electrons. The lowest BCUT2D eigenvalue weighted by Crippen LogP contribution is -2.13. The molecule has 0 saturated heterocycles. The quantitative estimate of drug-likeness (QED) is 0.297. The Balaban J connectivity index is 1.69. The molecule has 0 unspecified atom stereocenters. The highest BCUT2D eigenvalue weighted by Gasteiger charge is 2.11. The Morgan fingerprint density at radius 1 is 1.09 bits per heavy atom. The minimum Gasteiger partial charge on any atom is -0.494 e. The van der Waals surface area contributed by atoms with Gasteiger partial charge in [-0.2, -0.15) is 5.26 Å². The Labute approximate surface area is 196 Å². The zero-order valence-corrected chi connectivity index (χ0v) is 19.5. The molecule has 0 fully saturated rings. The molecule has 0 aliphatic heterocycles. The lowest BCUT2D eigenvalue weighted by Gasteiger charge is -2.10. The second-order valence-corrected chi connectivity index (χ2v) is 7.90. The van der Waals surface area contributed by atoms with Crippen LogP contribution in [0.25, 0.3) is 6.08 Å². The van der Waals surface area contributed by atoms with Crippen molar-refractivity contribution in [2.24, 2.45) is 0 Å². The molecule has 162 valence electrons. The first-order valence-corrected chi connectivity index (χ1v) is 10.9. The maximum absolute atomic E-state index is 12.6. The molecular formula is C26H23BrN2O3. The predicted molar refractivity (Wildman–Crippen MR) is 129 cm³/mol. The van der Waals surface area contributed by atoms with Crippen molar-refractivity contribution in [2.45, 2.75) is 20.5 Å². The second kappa shape index (κ2) is 11.2. The molecular weight excluding hydrogens is 468 g/mol. The summed E-state index contributed by atoms with van der Waals surface area (Å²) in [5.74, 6) is 0.841. The number of halogens is 1. The highest BCUT2D eigenvalue weighted by atomic mass is 79.9. The van der Waals surface area contributed by atoms with Crippen LogP contribution in [-0.2, 0) is 11.4 Å². The molecule has 0 aromatic heterocycles. The van der Waals surface area contributed by atoms with Crippen LogP contribution in [0.1, 0.15) is 23.6 Å². The average Bonchev–Trinajstić information content (AvgIpc) is 2.78. The van der Waals surface area contributed by atoms with Crippen LogP contribution in [-0.4, -0.2) is 12.5 Å². The van der Waals surface area contributed by atoms with E-state index in [4.69, 9.17) is 9.47 Å². The Morgan fingerprint density at radius 2 is 1.88 bits per heavy atom. The van der Waals surface area contributed by atoms with Gasteiger partial charge in [0.05, 0.1) is 11.1 Å². The molecule has 3 aromatic carbocycles. The number of rotatable bonds is 8. The van der Waals surface area contributed by atoms with Gasteiger partial charge >= 0.3 is 0 Å². The summed E-state index contributed by atoms with van der Waals surface area (Å²) in [7, 11) is 0.